The van der Waals surface area contributed by atoms with Gasteiger partial charge in [-0.1, -0.05) is 6.07 Å². The molecule has 16 heavy (non-hydrogen) atoms. The van der Waals surface area contributed by atoms with Gasteiger partial charge in [-0.05, 0) is 17.7 Å². The minimum atomic E-state index is -0.915. The van der Waals surface area contributed by atoms with Gasteiger partial charge in [0.2, 0.25) is 0 Å². The Morgan fingerprint density at radius 1 is 1.44 bits per heavy atom. The minimum Gasteiger partial charge on any atom is -0.408 e. The topological polar surface area (TPSA) is 64.6 Å². The average molecular weight is 221 g/mol. The van der Waals surface area contributed by atoms with Gasteiger partial charge in [0.25, 0.3) is 0 Å². The second-order valence-electron chi connectivity index (χ2n) is 4.13. The summed E-state index contributed by atoms with van der Waals surface area (Å²) in [5, 5.41) is 10.1. The van der Waals surface area contributed by atoms with Gasteiger partial charge in [0.1, 0.15) is 5.60 Å². The summed E-state index contributed by atoms with van der Waals surface area (Å²) in [5.41, 5.74) is 1.05. The van der Waals surface area contributed by atoms with Crippen molar-refractivity contribution < 1.29 is 14.3 Å². The van der Waals surface area contributed by atoms with Crippen LogP contribution in [0, 0.1) is 0 Å². The lowest BCUT2D eigenvalue weighted by Crippen LogP contribution is -2.46. The summed E-state index contributed by atoms with van der Waals surface area (Å²) in [4.78, 5) is 11.3. The van der Waals surface area contributed by atoms with E-state index in [1.807, 2.05) is 0 Å². The molecule has 0 unspecified atom stereocenters. The van der Waals surface area contributed by atoms with Gasteiger partial charge in [0.05, 0.1) is 18.7 Å². The summed E-state index contributed by atoms with van der Waals surface area (Å²) in [6, 6.07) is 5.22. The van der Waals surface area contributed by atoms with Gasteiger partial charge >= 0.3 is 5.76 Å². The number of aromatic nitrogens is 1. The number of aryl methyl sites for hydroxylation is 1. The molecule has 0 saturated carbocycles. The largest absolute Gasteiger partial charge is 0.419 e. The van der Waals surface area contributed by atoms with Crippen LogP contribution in [0.3, 0.4) is 0 Å². The van der Waals surface area contributed by atoms with E-state index in [9.17, 15) is 9.90 Å². The standard InChI is InChI=1S/C11H11NO4/c1-12-8-4-7(11(14)5-15-6-11)2-3-9(8)16-10(12)13/h2-4,14H,5-6H2,1H3. The number of oxazole rings is 1. The molecular formula is C11H11NO4. The summed E-state index contributed by atoms with van der Waals surface area (Å²) in [5.74, 6) is -0.399. The molecule has 3 rings (SSSR count). The van der Waals surface area contributed by atoms with Gasteiger partial charge in [-0.15, -0.1) is 0 Å². The molecule has 1 aliphatic heterocycles. The number of benzene rings is 1. The maximum absolute atomic E-state index is 11.3. The van der Waals surface area contributed by atoms with Crippen molar-refractivity contribution in [2.45, 2.75) is 5.60 Å². The number of rotatable bonds is 1. The van der Waals surface area contributed by atoms with Crippen LogP contribution in [-0.2, 0) is 17.4 Å². The van der Waals surface area contributed by atoms with E-state index in [-0.39, 0.29) is 0 Å². The van der Waals surface area contributed by atoms with Crippen LogP contribution in [0.2, 0.25) is 0 Å². The second-order valence-corrected chi connectivity index (χ2v) is 4.13. The van der Waals surface area contributed by atoms with E-state index < -0.39 is 11.4 Å². The quantitative estimate of drug-likeness (QED) is 0.754. The van der Waals surface area contributed by atoms with Crippen molar-refractivity contribution in [2.24, 2.45) is 7.05 Å². The van der Waals surface area contributed by atoms with Crippen molar-refractivity contribution in [1.29, 1.82) is 0 Å². The smallest absolute Gasteiger partial charge is 0.408 e. The fourth-order valence-electron chi connectivity index (χ4n) is 1.88. The first-order valence-electron chi connectivity index (χ1n) is 5.00. The molecule has 5 nitrogen and oxygen atoms in total. The van der Waals surface area contributed by atoms with Crippen LogP contribution in [0.1, 0.15) is 5.56 Å². The molecule has 0 spiro atoms. The maximum atomic E-state index is 11.3. The van der Waals surface area contributed by atoms with Gasteiger partial charge in [0.15, 0.2) is 5.58 Å². The lowest BCUT2D eigenvalue weighted by Gasteiger charge is -2.36. The van der Waals surface area contributed by atoms with E-state index in [0.29, 0.717) is 24.3 Å². The van der Waals surface area contributed by atoms with Crippen molar-refractivity contribution in [2.75, 3.05) is 13.2 Å². The number of hydrogen-bond acceptors (Lipinski definition) is 4. The Labute approximate surface area is 90.9 Å². The van der Waals surface area contributed by atoms with Gasteiger partial charge in [-0.2, -0.15) is 0 Å². The maximum Gasteiger partial charge on any atom is 0.419 e. The highest BCUT2D eigenvalue weighted by Gasteiger charge is 2.38. The second kappa shape index (κ2) is 2.96. The van der Waals surface area contributed by atoms with E-state index in [2.05, 4.69) is 0 Å². The van der Waals surface area contributed by atoms with E-state index in [0.717, 1.165) is 5.56 Å². The Morgan fingerprint density at radius 3 is 2.81 bits per heavy atom. The Bertz CT molecular complexity index is 606. The first-order valence-corrected chi connectivity index (χ1v) is 5.00. The van der Waals surface area contributed by atoms with Crippen LogP contribution >= 0.6 is 0 Å². The zero-order valence-corrected chi connectivity index (χ0v) is 8.77. The summed E-state index contributed by atoms with van der Waals surface area (Å²) in [6.45, 7) is 0.592. The molecule has 0 atom stereocenters. The summed E-state index contributed by atoms with van der Waals surface area (Å²) in [6.07, 6.45) is 0. The first kappa shape index (κ1) is 9.62. The summed E-state index contributed by atoms with van der Waals surface area (Å²) < 4.78 is 11.4. The monoisotopic (exact) mass is 221 g/mol. The Kier molecular flexibility index (Phi) is 1.78. The highest BCUT2D eigenvalue weighted by Crippen LogP contribution is 2.30. The van der Waals surface area contributed by atoms with Crippen molar-refractivity contribution in [3.05, 3.63) is 34.3 Å². The SMILES string of the molecule is Cn1c(=O)oc2ccc(C3(O)COC3)cc21. The molecule has 1 aromatic carbocycles. The lowest BCUT2D eigenvalue weighted by atomic mass is 9.92. The van der Waals surface area contributed by atoms with Crippen LogP contribution in [-0.4, -0.2) is 22.9 Å². The van der Waals surface area contributed by atoms with E-state index in [4.69, 9.17) is 9.15 Å². The van der Waals surface area contributed by atoms with Crippen LogP contribution in [0.15, 0.2) is 27.4 Å². The average Bonchev–Trinajstić information content (AvgIpc) is 2.51. The molecule has 1 fully saturated rings. The lowest BCUT2D eigenvalue weighted by molar-refractivity contribution is -0.184. The molecule has 1 saturated heterocycles. The fourth-order valence-corrected chi connectivity index (χ4v) is 1.88. The molecule has 0 aliphatic carbocycles. The van der Waals surface area contributed by atoms with Crippen molar-refractivity contribution in [3.63, 3.8) is 0 Å². The zero-order valence-electron chi connectivity index (χ0n) is 8.77. The molecule has 1 aromatic heterocycles. The Morgan fingerprint density at radius 2 is 2.19 bits per heavy atom. The van der Waals surface area contributed by atoms with Gasteiger partial charge < -0.3 is 14.3 Å². The van der Waals surface area contributed by atoms with Crippen LogP contribution < -0.4 is 5.76 Å². The van der Waals surface area contributed by atoms with E-state index in [1.54, 1.807) is 25.2 Å². The Balaban J connectivity index is 2.22. The molecule has 0 radical (unpaired) electrons. The molecule has 2 aromatic rings. The number of ether oxygens (including phenoxy) is 1. The first-order chi connectivity index (χ1) is 7.60. The van der Waals surface area contributed by atoms with Crippen molar-refractivity contribution in [1.82, 2.24) is 4.57 Å². The predicted molar refractivity (Wildman–Crippen MR) is 56.2 cm³/mol. The minimum absolute atomic E-state index is 0.296. The number of nitrogens with zero attached hydrogens (tertiary/aromatic N) is 1. The van der Waals surface area contributed by atoms with Gasteiger partial charge in [-0.3, -0.25) is 4.57 Å². The number of hydrogen-bond donors (Lipinski definition) is 1. The van der Waals surface area contributed by atoms with Crippen molar-refractivity contribution in [3.8, 4) is 0 Å². The molecule has 1 N–H and O–H groups in total. The van der Waals surface area contributed by atoms with Crippen molar-refractivity contribution >= 4 is 11.1 Å². The van der Waals surface area contributed by atoms with E-state index >= 15 is 0 Å². The normalized spacial score (nSPS) is 18.6. The molecule has 84 valence electrons. The molecular weight excluding hydrogens is 210 g/mol. The molecule has 1 aliphatic rings. The Hall–Kier alpha value is -1.59. The molecule has 5 heteroatoms. The number of fused-ring (bicyclic) bond motifs is 1. The van der Waals surface area contributed by atoms with Crippen LogP contribution in [0.5, 0.6) is 0 Å². The summed E-state index contributed by atoms with van der Waals surface area (Å²) >= 11 is 0. The van der Waals surface area contributed by atoms with E-state index in [1.165, 1.54) is 4.57 Å². The highest BCUT2D eigenvalue weighted by molar-refractivity contribution is 5.74. The predicted octanol–water partition coefficient (Wildman–Crippen LogP) is 0.349. The third kappa shape index (κ3) is 1.15. The molecule has 0 amide bonds. The van der Waals surface area contributed by atoms with Crippen LogP contribution in [0.4, 0.5) is 0 Å². The zero-order chi connectivity index (χ0) is 11.3. The molecule has 2 heterocycles. The third-order valence-electron chi connectivity index (χ3n) is 3.01. The molecule has 0 bridgehead atoms. The summed E-state index contributed by atoms with van der Waals surface area (Å²) in [7, 11) is 1.64. The number of aliphatic hydroxyl groups is 1. The fraction of sp³-hybridized carbons (Fsp3) is 0.364. The third-order valence-corrected chi connectivity index (χ3v) is 3.01. The van der Waals surface area contributed by atoms with Crippen LogP contribution in [0.25, 0.3) is 11.1 Å². The van der Waals surface area contributed by atoms with Gasteiger partial charge in [-0.25, -0.2) is 4.79 Å². The van der Waals surface area contributed by atoms with Gasteiger partial charge in [0, 0.05) is 7.05 Å². The highest BCUT2D eigenvalue weighted by atomic mass is 16.5.